The van der Waals surface area contributed by atoms with E-state index in [1.165, 1.54) is 6.42 Å². The number of thiophene rings is 1. The minimum atomic E-state index is -0.642. The summed E-state index contributed by atoms with van der Waals surface area (Å²) in [5.74, 6) is -0.139. The van der Waals surface area contributed by atoms with Crippen molar-refractivity contribution < 1.29 is 14.4 Å². The fourth-order valence-electron chi connectivity index (χ4n) is 4.86. The molecule has 1 aromatic carbocycles. The van der Waals surface area contributed by atoms with Crippen LogP contribution in [0.1, 0.15) is 42.5 Å². The summed E-state index contributed by atoms with van der Waals surface area (Å²) in [5, 5.41) is 4.93. The number of fused-ring (bicyclic) bond motifs is 2. The Balaban J connectivity index is 1.39. The molecule has 6 nitrogen and oxygen atoms in total. The summed E-state index contributed by atoms with van der Waals surface area (Å²) >= 11 is 1.62. The van der Waals surface area contributed by atoms with E-state index >= 15 is 0 Å². The first-order chi connectivity index (χ1) is 14.6. The van der Waals surface area contributed by atoms with Crippen molar-refractivity contribution in [2.75, 3.05) is 25.0 Å². The van der Waals surface area contributed by atoms with Crippen LogP contribution in [0.4, 0.5) is 5.69 Å². The van der Waals surface area contributed by atoms with Gasteiger partial charge < -0.3 is 15.1 Å². The van der Waals surface area contributed by atoms with Gasteiger partial charge in [0.25, 0.3) is 5.91 Å². The molecule has 3 aliphatic rings. The molecule has 0 radical (unpaired) electrons. The van der Waals surface area contributed by atoms with E-state index in [9.17, 15) is 14.4 Å². The molecule has 2 aliphatic heterocycles. The van der Waals surface area contributed by atoms with E-state index in [2.05, 4.69) is 5.32 Å². The molecule has 5 rings (SSSR count). The lowest BCUT2D eigenvalue weighted by molar-refractivity contribution is -0.140. The Bertz CT molecular complexity index is 982. The van der Waals surface area contributed by atoms with Crippen LogP contribution in [0.25, 0.3) is 10.4 Å². The Morgan fingerprint density at radius 3 is 2.67 bits per heavy atom. The topological polar surface area (TPSA) is 69.7 Å². The van der Waals surface area contributed by atoms with Gasteiger partial charge in [0, 0.05) is 23.9 Å². The average Bonchev–Trinajstić information content (AvgIpc) is 3.30. The second-order valence-electron chi connectivity index (χ2n) is 8.36. The van der Waals surface area contributed by atoms with E-state index in [1.54, 1.807) is 21.1 Å². The Hall–Kier alpha value is -2.67. The first kappa shape index (κ1) is 19.3. The third-order valence-electron chi connectivity index (χ3n) is 6.52. The number of anilines is 1. The van der Waals surface area contributed by atoms with Crippen LogP contribution in [0.5, 0.6) is 0 Å². The molecule has 1 unspecified atom stereocenters. The van der Waals surface area contributed by atoms with E-state index in [4.69, 9.17) is 0 Å². The molecule has 1 saturated carbocycles. The molecule has 1 saturated heterocycles. The zero-order valence-electron chi connectivity index (χ0n) is 16.8. The Morgan fingerprint density at radius 2 is 1.90 bits per heavy atom. The van der Waals surface area contributed by atoms with Crippen LogP contribution in [0.15, 0.2) is 35.7 Å². The van der Waals surface area contributed by atoms with Crippen molar-refractivity contribution >= 4 is 34.7 Å². The van der Waals surface area contributed by atoms with Crippen molar-refractivity contribution in [3.8, 4) is 10.4 Å². The predicted molar refractivity (Wildman–Crippen MR) is 116 cm³/mol. The van der Waals surface area contributed by atoms with Crippen molar-refractivity contribution in [3.05, 3.63) is 41.3 Å². The summed E-state index contributed by atoms with van der Waals surface area (Å²) in [6, 6.07) is 8.96. The minimum Gasteiger partial charge on any atom is -0.338 e. The van der Waals surface area contributed by atoms with Crippen molar-refractivity contribution in [2.45, 2.75) is 38.1 Å². The average molecular weight is 424 g/mol. The van der Waals surface area contributed by atoms with E-state index in [0.717, 1.165) is 36.1 Å². The van der Waals surface area contributed by atoms with Gasteiger partial charge >= 0.3 is 0 Å². The van der Waals surface area contributed by atoms with Crippen molar-refractivity contribution in [1.82, 2.24) is 9.80 Å². The van der Waals surface area contributed by atoms with Crippen LogP contribution >= 0.6 is 11.3 Å². The van der Waals surface area contributed by atoms with E-state index in [-0.39, 0.29) is 30.2 Å². The lowest BCUT2D eigenvalue weighted by Gasteiger charge is -2.40. The zero-order valence-corrected chi connectivity index (χ0v) is 17.6. The number of nitrogens with one attached hydrogen (secondary N) is 1. The predicted octanol–water partition coefficient (Wildman–Crippen LogP) is 3.60. The van der Waals surface area contributed by atoms with Gasteiger partial charge in [-0.3, -0.25) is 14.4 Å². The maximum Gasteiger partial charge on any atom is 0.256 e. The van der Waals surface area contributed by atoms with Gasteiger partial charge in [0.05, 0.1) is 17.8 Å². The lowest BCUT2D eigenvalue weighted by atomic mass is 9.88. The Morgan fingerprint density at radius 1 is 1.07 bits per heavy atom. The molecule has 1 aliphatic carbocycles. The molecule has 2 aromatic rings. The van der Waals surface area contributed by atoms with Crippen molar-refractivity contribution in [2.24, 2.45) is 5.92 Å². The fourth-order valence-corrected chi connectivity index (χ4v) is 5.58. The highest BCUT2D eigenvalue weighted by atomic mass is 32.1. The summed E-state index contributed by atoms with van der Waals surface area (Å²) in [4.78, 5) is 43.8. The van der Waals surface area contributed by atoms with Gasteiger partial charge in [-0.1, -0.05) is 31.4 Å². The molecular weight excluding hydrogens is 398 g/mol. The number of rotatable bonds is 2. The first-order valence-electron chi connectivity index (χ1n) is 10.7. The number of amides is 3. The van der Waals surface area contributed by atoms with Crippen LogP contribution in [-0.4, -0.2) is 53.2 Å². The number of hydrogen-bond donors (Lipinski definition) is 1. The van der Waals surface area contributed by atoms with Gasteiger partial charge in [0.1, 0.15) is 6.04 Å². The van der Waals surface area contributed by atoms with Crippen molar-refractivity contribution in [1.29, 1.82) is 0 Å². The van der Waals surface area contributed by atoms with Crippen LogP contribution in [0.2, 0.25) is 0 Å². The molecular formula is C23H25N3O3S. The highest BCUT2D eigenvalue weighted by molar-refractivity contribution is 7.13. The largest absolute Gasteiger partial charge is 0.338 e. The maximum absolute atomic E-state index is 13.4. The quantitative estimate of drug-likeness (QED) is 0.802. The van der Waals surface area contributed by atoms with Crippen LogP contribution < -0.4 is 5.32 Å². The smallest absolute Gasteiger partial charge is 0.256 e. The minimum absolute atomic E-state index is 0.0698. The van der Waals surface area contributed by atoms with Gasteiger partial charge in [-0.15, -0.1) is 11.3 Å². The number of benzene rings is 1. The number of piperazine rings is 1. The van der Waals surface area contributed by atoms with Crippen LogP contribution in [-0.2, 0) is 9.59 Å². The number of nitrogens with zero attached hydrogens (tertiary/aromatic N) is 2. The lowest BCUT2D eigenvalue weighted by Crippen LogP contribution is -2.60. The second-order valence-corrected chi connectivity index (χ2v) is 9.31. The third kappa shape index (κ3) is 3.41. The van der Waals surface area contributed by atoms with Gasteiger partial charge in [0.2, 0.25) is 11.8 Å². The van der Waals surface area contributed by atoms with Crippen LogP contribution in [0, 0.1) is 5.92 Å². The summed E-state index contributed by atoms with van der Waals surface area (Å²) in [7, 11) is 0. The van der Waals surface area contributed by atoms with Crippen molar-refractivity contribution in [3.63, 3.8) is 0 Å². The van der Waals surface area contributed by atoms with Gasteiger partial charge in [-0.2, -0.15) is 0 Å². The molecule has 1 aromatic heterocycles. The summed E-state index contributed by atoms with van der Waals surface area (Å²) in [6.07, 6.45) is 5.27. The van der Waals surface area contributed by atoms with Gasteiger partial charge in [0.15, 0.2) is 0 Å². The highest BCUT2D eigenvalue weighted by Gasteiger charge is 2.41. The summed E-state index contributed by atoms with van der Waals surface area (Å²) in [6.45, 7) is 1.15. The van der Waals surface area contributed by atoms with E-state index in [1.807, 2.05) is 35.7 Å². The van der Waals surface area contributed by atoms with Gasteiger partial charge in [-0.05, 0) is 42.0 Å². The molecule has 3 heterocycles. The molecule has 2 fully saturated rings. The van der Waals surface area contributed by atoms with E-state index in [0.29, 0.717) is 24.3 Å². The standard InChI is InChI=1S/C23H25N3O3S/c27-21-19-14-25(22(28)15-5-2-1-3-6-15)10-11-26(19)23(29)17-13-16(8-9-18(17)24-21)20-7-4-12-30-20/h4,7-9,12-13,15,19H,1-3,5-6,10-11,14H2,(H,24,27). The number of hydrogen-bond acceptors (Lipinski definition) is 4. The Labute approximate surface area is 179 Å². The molecule has 1 atom stereocenters. The SMILES string of the molecule is O=C1Nc2ccc(-c3cccs3)cc2C(=O)N2CCN(C(=O)C3CCCCC3)CC12. The van der Waals surface area contributed by atoms with Gasteiger partial charge in [-0.25, -0.2) is 0 Å². The summed E-state index contributed by atoms with van der Waals surface area (Å²) < 4.78 is 0. The fraction of sp³-hybridized carbons (Fsp3) is 0.435. The van der Waals surface area contributed by atoms with E-state index < -0.39 is 6.04 Å². The number of carbonyl (C=O) groups is 3. The monoisotopic (exact) mass is 423 g/mol. The second kappa shape index (κ2) is 7.87. The molecule has 1 N–H and O–H groups in total. The summed E-state index contributed by atoms with van der Waals surface area (Å²) in [5.41, 5.74) is 2.03. The highest BCUT2D eigenvalue weighted by Crippen LogP contribution is 2.32. The first-order valence-corrected chi connectivity index (χ1v) is 11.6. The third-order valence-corrected chi connectivity index (χ3v) is 7.44. The molecule has 0 spiro atoms. The molecule has 3 amide bonds. The maximum atomic E-state index is 13.4. The zero-order chi connectivity index (χ0) is 20.7. The van der Waals surface area contributed by atoms with Crippen LogP contribution in [0.3, 0.4) is 0 Å². The molecule has 156 valence electrons. The molecule has 7 heteroatoms. The Kier molecular flexibility index (Phi) is 5.06. The molecule has 0 bridgehead atoms. The number of carbonyl (C=O) groups excluding carboxylic acids is 3. The molecule has 30 heavy (non-hydrogen) atoms. The normalized spacial score (nSPS) is 22.2.